The fourth-order valence-corrected chi connectivity index (χ4v) is 2.58. The molecule has 7 heteroatoms. The van der Waals surface area contributed by atoms with Gasteiger partial charge in [-0.1, -0.05) is 12.1 Å². The van der Waals surface area contributed by atoms with E-state index in [2.05, 4.69) is 4.98 Å². The largest absolute Gasteiger partial charge is 0.480 e. The Kier molecular flexibility index (Phi) is 4.10. The summed E-state index contributed by atoms with van der Waals surface area (Å²) in [5.41, 5.74) is 0.421. The van der Waals surface area contributed by atoms with E-state index in [-0.39, 0.29) is 37.0 Å². The average Bonchev–Trinajstić information content (AvgIpc) is 3.36. The Morgan fingerprint density at radius 1 is 1.30 bits per heavy atom. The molecule has 0 bridgehead atoms. The topological polar surface area (TPSA) is 92.5 Å². The second kappa shape index (κ2) is 6.20. The molecule has 1 aliphatic carbocycles. The van der Waals surface area contributed by atoms with Gasteiger partial charge in [-0.05, 0) is 25.0 Å². The third kappa shape index (κ3) is 3.39. The molecule has 0 unspecified atom stereocenters. The maximum Gasteiger partial charge on any atom is 0.323 e. The number of aliphatic carboxylic acids is 1. The molecule has 0 spiro atoms. The number of nitrogens with zero attached hydrogens (tertiary/aromatic N) is 3. The van der Waals surface area contributed by atoms with Crippen molar-refractivity contribution in [3.05, 3.63) is 40.9 Å². The predicted octanol–water partition coefficient (Wildman–Crippen LogP) is 0.862. The minimum Gasteiger partial charge on any atom is -0.480 e. The summed E-state index contributed by atoms with van der Waals surface area (Å²) < 4.78 is 1.39. The lowest BCUT2D eigenvalue weighted by molar-refractivity contribution is -0.145. The molecule has 1 fully saturated rings. The SMILES string of the molecule is O=C(O)CN(C(=O)CCn1cnc2ccccc2c1=O)C1CC1. The zero-order valence-corrected chi connectivity index (χ0v) is 12.5. The number of hydrogen-bond acceptors (Lipinski definition) is 4. The van der Waals surface area contributed by atoms with Gasteiger partial charge in [0, 0.05) is 19.0 Å². The number of carboxylic acids is 1. The molecule has 0 saturated heterocycles. The molecule has 1 amide bonds. The van der Waals surface area contributed by atoms with Crippen LogP contribution in [0.3, 0.4) is 0 Å². The van der Waals surface area contributed by atoms with Gasteiger partial charge in [0.15, 0.2) is 0 Å². The second-order valence-electron chi connectivity index (χ2n) is 5.66. The number of amides is 1. The number of aryl methyl sites for hydroxylation is 1. The quantitative estimate of drug-likeness (QED) is 0.853. The number of carboxylic acid groups (broad SMARTS) is 1. The molecule has 1 aromatic heterocycles. The van der Waals surface area contributed by atoms with Crippen LogP contribution in [-0.2, 0) is 16.1 Å². The summed E-state index contributed by atoms with van der Waals surface area (Å²) in [6, 6.07) is 7.06. The van der Waals surface area contributed by atoms with Crippen molar-refractivity contribution in [3.8, 4) is 0 Å². The van der Waals surface area contributed by atoms with Gasteiger partial charge in [-0.25, -0.2) is 4.98 Å². The number of rotatable bonds is 6. The minimum absolute atomic E-state index is 0.0325. The van der Waals surface area contributed by atoms with Gasteiger partial charge >= 0.3 is 5.97 Å². The van der Waals surface area contributed by atoms with Gasteiger partial charge in [0.25, 0.3) is 5.56 Å². The summed E-state index contributed by atoms with van der Waals surface area (Å²) in [6.45, 7) is -0.0906. The normalized spacial score (nSPS) is 13.9. The molecule has 1 aromatic carbocycles. The summed E-state index contributed by atoms with van der Waals surface area (Å²) in [4.78, 5) is 41.0. The Hall–Kier alpha value is -2.70. The number of carbonyl (C=O) groups is 2. The van der Waals surface area contributed by atoms with Crippen molar-refractivity contribution in [1.29, 1.82) is 0 Å². The molecule has 1 saturated carbocycles. The van der Waals surface area contributed by atoms with Crippen LogP contribution < -0.4 is 5.56 Å². The molecule has 1 heterocycles. The Labute approximate surface area is 132 Å². The molecule has 0 atom stereocenters. The third-order valence-electron chi connectivity index (χ3n) is 3.91. The number of benzene rings is 1. The summed E-state index contributed by atoms with van der Waals surface area (Å²) in [5, 5.41) is 9.40. The van der Waals surface area contributed by atoms with Gasteiger partial charge in [0.2, 0.25) is 5.91 Å². The maximum absolute atomic E-state index is 12.3. The van der Waals surface area contributed by atoms with Gasteiger partial charge in [-0.15, -0.1) is 0 Å². The highest BCUT2D eigenvalue weighted by molar-refractivity contribution is 5.82. The molecule has 7 nitrogen and oxygen atoms in total. The lowest BCUT2D eigenvalue weighted by atomic mass is 10.2. The molecule has 120 valence electrons. The Bertz CT molecular complexity index is 810. The number of carbonyl (C=O) groups excluding carboxylic acids is 1. The first kappa shape index (κ1) is 15.2. The summed E-state index contributed by atoms with van der Waals surface area (Å²) in [5.74, 6) is -1.26. The third-order valence-corrected chi connectivity index (χ3v) is 3.91. The summed E-state index contributed by atoms with van der Waals surface area (Å²) in [6.07, 6.45) is 3.20. The van der Waals surface area contributed by atoms with Crippen LogP contribution in [0.2, 0.25) is 0 Å². The zero-order valence-electron chi connectivity index (χ0n) is 12.5. The highest BCUT2D eigenvalue weighted by Crippen LogP contribution is 2.27. The number of hydrogen-bond donors (Lipinski definition) is 1. The van der Waals surface area contributed by atoms with Crippen LogP contribution in [0, 0.1) is 0 Å². The maximum atomic E-state index is 12.3. The van der Waals surface area contributed by atoms with Crippen LogP contribution in [0.25, 0.3) is 10.9 Å². The van der Waals surface area contributed by atoms with Crippen LogP contribution in [0.15, 0.2) is 35.4 Å². The van der Waals surface area contributed by atoms with Crippen LogP contribution >= 0.6 is 0 Å². The van der Waals surface area contributed by atoms with Gasteiger partial charge in [-0.3, -0.25) is 19.0 Å². The Morgan fingerprint density at radius 3 is 2.74 bits per heavy atom. The first-order valence-corrected chi connectivity index (χ1v) is 7.51. The van der Waals surface area contributed by atoms with E-state index in [4.69, 9.17) is 5.11 Å². The molecular formula is C16H17N3O4. The van der Waals surface area contributed by atoms with E-state index in [0.717, 1.165) is 12.8 Å². The Balaban J connectivity index is 1.72. The van der Waals surface area contributed by atoms with Crippen molar-refractivity contribution in [2.45, 2.75) is 31.8 Å². The van der Waals surface area contributed by atoms with E-state index in [0.29, 0.717) is 10.9 Å². The van der Waals surface area contributed by atoms with Crippen LogP contribution in [0.4, 0.5) is 0 Å². The Morgan fingerprint density at radius 2 is 2.04 bits per heavy atom. The monoisotopic (exact) mass is 315 g/mol. The lowest BCUT2D eigenvalue weighted by Gasteiger charge is -2.20. The molecule has 1 N–H and O–H groups in total. The first-order valence-electron chi connectivity index (χ1n) is 7.51. The van der Waals surface area contributed by atoms with E-state index in [1.165, 1.54) is 15.8 Å². The predicted molar refractivity (Wildman–Crippen MR) is 83.0 cm³/mol. The fourth-order valence-electron chi connectivity index (χ4n) is 2.58. The standard InChI is InChI=1S/C16H17N3O4/c20-14(19(9-15(21)22)11-5-6-11)7-8-18-10-17-13-4-2-1-3-12(13)16(18)23/h1-4,10-11H,5-9H2,(H,21,22). The lowest BCUT2D eigenvalue weighted by Crippen LogP contribution is -2.38. The van der Waals surface area contributed by atoms with Crippen LogP contribution in [-0.4, -0.2) is 44.0 Å². The van der Waals surface area contributed by atoms with E-state index < -0.39 is 5.97 Å². The van der Waals surface area contributed by atoms with E-state index in [1.54, 1.807) is 18.2 Å². The van der Waals surface area contributed by atoms with Gasteiger partial charge in [-0.2, -0.15) is 0 Å². The van der Waals surface area contributed by atoms with Gasteiger partial charge in [0.05, 0.1) is 17.2 Å². The van der Waals surface area contributed by atoms with Gasteiger partial charge < -0.3 is 10.0 Å². The van der Waals surface area contributed by atoms with Crippen molar-refractivity contribution >= 4 is 22.8 Å². The van der Waals surface area contributed by atoms with Crippen molar-refractivity contribution < 1.29 is 14.7 Å². The molecule has 0 radical (unpaired) electrons. The number of fused-ring (bicyclic) bond motifs is 1. The zero-order chi connectivity index (χ0) is 16.4. The first-order chi connectivity index (χ1) is 11.1. The average molecular weight is 315 g/mol. The summed E-state index contributed by atoms with van der Waals surface area (Å²) in [7, 11) is 0. The van der Waals surface area contributed by atoms with Crippen LogP contribution in [0.1, 0.15) is 19.3 Å². The number of para-hydroxylation sites is 1. The van der Waals surface area contributed by atoms with Crippen molar-refractivity contribution in [2.75, 3.05) is 6.54 Å². The molecule has 2 aromatic rings. The molecular weight excluding hydrogens is 298 g/mol. The minimum atomic E-state index is -1.02. The van der Waals surface area contributed by atoms with Crippen molar-refractivity contribution in [3.63, 3.8) is 0 Å². The highest BCUT2D eigenvalue weighted by Gasteiger charge is 2.33. The highest BCUT2D eigenvalue weighted by atomic mass is 16.4. The molecule has 3 rings (SSSR count). The smallest absolute Gasteiger partial charge is 0.323 e. The molecule has 23 heavy (non-hydrogen) atoms. The van der Waals surface area contributed by atoms with Crippen LogP contribution in [0.5, 0.6) is 0 Å². The second-order valence-corrected chi connectivity index (χ2v) is 5.66. The number of aromatic nitrogens is 2. The summed E-state index contributed by atoms with van der Waals surface area (Å²) >= 11 is 0. The fraction of sp³-hybridized carbons (Fsp3) is 0.375. The van der Waals surface area contributed by atoms with Crippen molar-refractivity contribution in [1.82, 2.24) is 14.5 Å². The van der Waals surface area contributed by atoms with Crippen molar-refractivity contribution in [2.24, 2.45) is 0 Å². The molecule has 1 aliphatic rings. The molecule has 0 aliphatic heterocycles. The van der Waals surface area contributed by atoms with E-state index >= 15 is 0 Å². The van der Waals surface area contributed by atoms with E-state index in [1.807, 2.05) is 6.07 Å². The van der Waals surface area contributed by atoms with Gasteiger partial charge in [0.1, 0.15) is 6.54 Å². The van der Waals surface area contributed by atoms with E-state index in [9.17, 15) is 14.4 Å².